The first-order valence-corrected chi connectivity index (χ1v) is 10.3. The Morgan fingerprint density at radius 1 is 1.00 bits per heavy atom. The normalized spacial score (nSPS) is 48.5. The van der Waals surface area contributed by atoms with Gasteiger partial charge in [0.1, 0.15) is 0 Å². The van der Waals surface area contributed by atoms with Gasteiger partial charge in [-0.2, -0.15) is 0 Å². The van der Waals surface area contributed by atoms with E-state index >= 15 is 0 Å². The van der Waals surface area contributed by atoms with E-state index in [9.17, 15) is 0 Å². The first-order valence-electron chi connectivity index (χ1n) is 10.3. The van der Waals surface area contributed by atoms with E-state index in [1.54, 1.807) is 5.57 Å². The van der Waals surface area contributed by atoms with Crippen molar-refractivity contribution < 1.29 is 0 Å². The van der Waals surface area contributed by atoms with E-state index in [-0.39, 0.29) is 0 Å². The van der Waals surface area contributed by atoms with Crippen LogP contribution in [0, 0.1) is 28.1 Å². The van der Waals surface area contributed by atoms with Gasteiger partial charge in [-0.1, -0.05) is 56.9 Å². The summed E-state index contributed by atoms with van der Waals surface area (Å²) in [6.45, 7) is 16.1. The summed E-state index contributed by atoms with van der Waals surface area (Å²) in [6.07, 6.45) is 18.1. The minimum atomic E-state index is 0.496. The summed E-state index contributed by atoms with van der Waals surface area (Å²) in [4.78, 5) is 0. The van der Waals surface area contributed by atoms with Crippen molar-refractivity contribution in [2.45, 2.75) is 85.5 Å². The number of hydrogen-bond donors (Lipinski definition) is 0. The molecular formula is C24H38. The summed E-state index contributed by atoms with van der Waals surface area (Å²) in [7, 11) is 0. The quantitative estimate of drug-likeness (QED) is 0.405. The number of hydrogen-bond acceptors (Lipinski definition) is 0. The lowest BCUT2D eigenvalue weighted by Gasteiger charge is -2.61. The first kappa shape index (κ1) is 18.0. The van der Waals surface area contributed by atoms with Crippen molar-refractivity contribution in [3.8, 4) is 0 Å². The maximum atomic E-state index is 3.00. The maximum Gasteiger partial charge on any atom is -0.00507 e. The zero-order valence-corrected chi connectivity index (χ0v) is 16.6. The van der Waals surface area contributed by atoms with Gasteiger partial charge in [0.25, 0.3) is 0 Å². The molecule has 0 heterocycles. The summed E-state index contributed by atoms with van der Waals surface area (Å²) in [6, 6.07) is 0. The Morgan fingerprint density at radius 3 is 2.42 bits per heavy atom. The smallest absolute Gasteiger partial charge is 0.00507 e. The van der Waals surface area contributed by atoms with Crippen LogP contribution in [-0.2, 0) is 0 Å². The van der Waals surface area contributed by atoms with Crippen LogP contribution in [0.4, 0.5) is 0 Å². The third kappa shape index (κ3) is 2.24. The SMILES string of the molecule is C/C=C1/CCC2C3=CCC4(C)CCCCC4(C)C3CCC12C.C=C. The van der Waals surface area contributed by atoms with E-state index in [1.165, 1.54) is 57.8 Å². The summed E-state index contributed by atoms with van der Waals surface area (Å²) in [5, 5.41) is 0. The predicted molar refractivity (Wildman–Crippen MR) is 106 cm³/mol. The largest absolute Gasteiger partial charge is 0.106 e. The highest BCUT2D eigenvalue weighted by molar-refractivity contribution is 5.35. The van der Waals surface area contributed by atoms with Crippen LogP contribution in [0.3, 0.4) is 0 Å². The second kappa shape index (κ2) is 6.19. The van der Waals surface area contributed by atoms with Crippen LogP contribution >= 0.6 is 0 Å². The van der Waals surface area contributed by atoms with Crippen molar-refractivity contribution >= 4 is 0 Å². The molecule has 4 rings (SSSR count). The molecule has 5 unspecified atom stereocenters. The molecule has 0 aromatic rings. The Kier molecular flexibility index (Phi) is 4.65. The van der Waals surface area contributed by atoms with Gasteiger partial charge in [0, 0.05) is 0 Å². The van der Waals surface area contributed by atoms with Gasteiger partial charge in [-0.3, -0.25) is 0 Å². The molecule has 0 radical (unpaired) electrons. The first-order chi connectivity index (χ1) is 11.4. The Bertz CT molecular complexity index is 552. The Morgan fingerprint density at radius 2 is 1.71 bits per heavy atom. The molecule has 4 aliphatic carbocycles. The van der Waals surface area contributed by atoms with E-state index in [0.29, 0.717) is 16.2 Å². The molecule has 134 valence electrons. The molecule has 0 amide bonds. The van der Waals surface area contributed by atoms with Crippen LogP contribution < -0.4 is 0 Å². The lowest BCUT2D eigenvalue weighted by Crippen LogP contribution is -2.52. The minimum Gasteiger partial charge on any atom is -0.106 e. The van der Waals surface area contributed by atoms with Crippen LogP contribution in [-0.4, -0.2) is 0 Å². The minimum absolute atomic E-state index is 0.496. The monoisotopic (exact) mass is 326 g/mol. The van der Waals surface area contributed by atoms with E-state index in [0.717, 1.165) is 11.8 Å². The average molecular weight is 327 g/mol. The molecule has 0 spiro atoms. The Balaban J connectivity index is 0.000000815. The van der Waals surface area contributed by atoms with Crippen molar-refractivity contribution in [1.29, 1.82) is 0 Å². The Labute approximate surface area is 150 Å². The lowest BCUT2D eigenvalue weighted by molar-refractivity contribution is -0.0535. The van der Waals surface area contributed by atoms with Crippen molar-refractivity contribution in [3.05, 3.63) is 36.5 Å². The number of fused-ring (bicyclic) bond motifs is 5. The van der Waals surface area contributed by atoms with Gasteiger partial charge in [0.2, 0.25) is 0 Å². The summed E-state index contributed by atoms with van der Waals surface area (Å²) < 4.78 is 0. The van der Waals surface area contributed by atoms with E-state index in [1.807, 2.05) is 5.57 Å². The molecular weight excluding hydrogens is 288 g/mol. The van der Waals surface area contributed by atoms with Gasteiger partial charge in [-0.25, -0.2) is 0 Å². The fourth-order valence-corrected chi connectivity index (χ4v) is 7.16. The van der Waals surface area contributed by atoms with E-state index in [4.69, 9.17) is 0 Å². The number of allylic oxidation sites excluding steroid dienone is 4. The molecule has 0 heteroatoms. The lowest BCUT2D eigenvalue weighted by atomic mass is 9.44. The van der Waals surface area contributed by atoms with Gasteiger partial charge < -0.3 is 0 Å². The fraction of sp³-hybridized carbons (Fsp3) is 0.750. The maximum absolute atomic E-state index is 3.00. The molecule has 0 bridgehead atoms. The molecule has 4 aliphatic rings. The van der Waals surface area contributed by atoms with Gasteiger partial charge >= 0.3 is 0 Å². The summed E-state index contributed by atoms with van der Waals surface area (Å²) in [5.74, 6) is 1.75. The zero-order chi connectivity index (χ0) is 17.6. The van der Waals surface area contributed by atoms with Gasteiger partial charge in [-0.05, 0) is 80.0 Å². The third-order valence-corrected chi connectivity index (χ3v) is 8.92. The van der Waals surface area contributed by atoms with Gasteiger partial charge in [0.05, 0.1) is 0 Å². The standard InChI is InChI=1S/C22H34.C2H4/c1-5-16-8-9-18-17-10-14-20(2)12-6-7-13-22(20,4)19(17)11-15-21(16,18)3;1-2/h5,10,18-19H,6-9,11-15H2,1-4H3;1-2H2/b16-5-;. The van der Waals surface area contributed by atoms with Gasteiger partial charge in [-0.15, -0.1) is 13.2 Å². The van der Waals surface area contributed by atoms with Crippen molar-refractivity contribution in [3.63, 3.8) is 0 Å². The highest BCUT2D eigenvalue weighted by Gasteiger charge is 2.58. The van der Waals surface area contributed by atoms with Crippen LogP contribution in [0.5, 0.6) is 0 Å². The number of rotatable bonds is 0. The molecule has 0 saturated heterocycles. The average Bonchev–Trinajstić information content (AvgIpc) is 2.93. The highest BCUT2D eigenvalue weighted by atomic mass is 14.6. The zero-order valence-electron chi connectivity index (χ0n) is 16.6. The third-order valence-electron chi connectivity index (χ3n) is 8.92. The van der Waals surface area contributed by atoms with Crippen molar-refractivity contribution in [2.75, 3.05) is 0 Å². The van der Waals surface area contributed by atoms with Crippen molar-refractivity contribution in [2.24, 2.45) is 28.1 Å². The molecule has 0 nitrogen and oxygen atoms in total. The van der Waals surface area contributed by atoms with Crippen LogP contribution in [0.1, 0.15) is 85.5 Å². The molecule has 0 aromatic heterocycles. The fourth-order valence-electron chi connectivity index (χ4n) is 7.16. The molecule has 3 fully saturated rings. The summed E-state index contributed by atoms with van der Waals surface area (Å²) >= 11 is 0. The topological polar surface area (TPSA) is 0 Å². The molecule has 0 aliphatic heterocycles. The molecule has 3 saturated carbocycles. The van der Waals surface area contributed by atoms with Crippen LogP contribution in [0.25, 0.3) is 0 Å². The second-order valence-corrected chi connectivity index (χ2v) is 9.51. The Hall–Kier alpha value is -0.780. The predicted octanol–water partition coefficient (Wildman–Crippen LogP) is 7.48. The summed E-state index contributed by atoms with van der Waals surface area (Å²) in [5.41, 5.74) is 5.31. The molecule has 5 atom stereocenters. The molecule has 0 aromatic carbocycles. The van der Waals surface area contributed by atoms with Crippen molar-refractivity contribution in [1.82, 2.24) is 0 Å². The van der Waals surface area contributed by atoms with Gasteiger partial charge in [0.15, 0.2) is 0 Å². The van der Waals surface area contributed by atoms with Crippen LogP contribution in [0.2, 0.25) is 0 Å². The molecule has 24 heavy (non-hydrogen) atoms. The van der Waals surface area contributed by atoms with E-state index < -0.39 is 0 Å². The van der Waals surface area contributed by atoms with E-state index in [2.05, 4.69) is 53.0 Å². The highest BCUT2D eigenvalue weighted by Crippen LogP contribution is 2.68. The molecule has 0 N–H and O–H groups in total. The second-order valence-electron chi connectivity index (χ2n) is 9.51. The van der Waals surface area contributed by atoms with Crippen LogP contribution in [0.15, 0.2) is 36.5 Å².